The van der Waals surface area contributed by atoms with E-state index in [2.05, 4.69) is 10.3 Å². The van der Waals surface area contributed by atoms with Crippen LogP contribution in [0.4, 0.5) is 5.69 Å². The van der Waals surface area contributed by atoms with Crippen LogP contribution in [0.3, 0.4) is 0 Å². The molecule has 0 bridgehead atoms. The highest BCUT2D eigenvalue weighted by atomic mass is 35.5. The highest BCUT2D eigenvalue weighted by Crippen LogP contribution is 2.30. The fourth-order valence-corrected chi connectivity index (χ4v) is 2.31. The molecule has 0 radical (unpaired) electrons. The van der Waals surface area contributed by atoms with Crippen LogP contribution in [0.2, 0.25) is 5.02 Å². The molecule has 1 aromatic heterocycles. The van der Waals surface area contributed by atoms with Crippen molar-refractivity contribution in [2.75, 3.05) is 5.32 Å². The molecule has 2 N–H and O–H groups in total. The molecule has 0 aliphatic rings. The van der Waals surface area contributed by atoms with Crippen LogP contribution in [0, 0.1) is 6.92 Å². The molecule has 3 rings (SSSR count). The second-order valence-corrected chi connectivity index (χ2v) is 5.77. The molecule has 5 nitrogen and oxygen atoms in total. The third-order valence-electron chi connectivity index (χ3n) is 3.52. The molecule has 0 atom stereocenters. The average molecular weight is 355 g/mol. The summed E-state index contributed by atoms with van der Waals surface area (Å²) in [6.07, 6.45) is 1.47. The first kappa shape index (κ1) is 16.8. The maximum atomic E-state index is 12.4. The zero-order valence-electron chi connectivity index (χ0n) is 13.4. The van der Waals surface area contributed by atoms with Gasteiger partial charge in [0, 0.05) is 11.2 Å². The number of pyridine rings is 1. The lowest BCUT2D eigenvalue weighted by atomic mass is 10.2. The third kappa shape index (κ3) is 3.89. The van der Waals surface area contributed by atoms with Gasteiger partial charge in [0.25, 0.3) is 5.91 Å². The molecule has 3 aromatic rings. The van der Waals surface area contributed by atoms with Crippen LogP contribution >= 0.6 is 11.6 Å². The summed E-state index contributed by atoms with van der Waals surface area (Å²) in [5.41, 5.74) is 0.998. The van der Waals surface area contributed by atoms with E-state index in [4.69, 9.17) is 16.3 Å². The summed E-state index contributed by atoms with van der Waals surface area (Å²) in [7, 11) is 0. The first-order valence-electron chi connectivity index (χ1n) is 7.53. The summed E-state index contributed by atoms with van der Waals surface area (Å²) in [6, 6.07) is 15.5. The summed E-state index contributed by atoms with van der Waals surface area (Å²) in [6.45, 7) is 1.70. The normalized spacial score (nSPS) is 10.3. The molecular formula is C19H15ClN2O3. The number of nitrogens with zero attached hydrogens (tertiary/aromatic N) is 1. The van der Waals surface area contributed by atoms with Crippen molar-refractivity contribution in [2.45, 2.75) is 6.92 Å². The molecule has 0 spiro atoms. The lowest BCUT2D eigenvalue weighted by molar-refractivity contribution is 0.101. The summed E-state index contributed by atoms with van der Waals surface area (Å²) in [4.78, 5) is 16.4. The van der Waals surface area contributed by atoms with Crippen LogP contribution < -0.4 is 10.1 Å². The smallest absolute Gasteiger partial charge is 0.278 e. The Balaban J connectivity index is 1.84. The number of hydrogen-bond donors (Lipinski definition) is 2. The minimum absolute atomic E-state index is 0.0405. The third-order valence-corrected chi connectivity index (χ3v) is 3.77. The summed E-state index contributed by atoms with van der Waals surface area (Å²) in [5, 5.41) is 13.3. The Hall–Kier alpha value is -3.05. The van der Waals surface area contributed by atoms with Gasteiger partial charge in [0.1, 0.15) is 11.5 Å². The van der Waals surface area contributed by atoms with Crippen LogP contribution in [0.15, 0.2) is 60.8 Å². The van der Waals surface area contributed by atoms with Crippen molar-refractivity contribution in [3.05, 3.63) is 77.1 Å². The predicted molar refractivity (Wildman–Crippen MR) is 96.6 cm³/mol. The van der Waals surface area contributed by atoms with Gasteiger partial charge in [0.15, 0.2) is 11.4 Å². The topological polar surface area (TPSA) is 71.5 Å². The molecule has 0 aliphatic heterocycles. The van der Waals surface area contributed by atoms with Gasteiger partial charge in [-0.25, -0.2) is 4.98 Å². The van der Waals surface area contributed by atoms with E-state index in [1.54, 1.807) is 61.5 Å². The Morgan fingerprint density at radius 3 is 2.60 bits per heavy atom. The molecule has 0 unspecified atom stereocenters. The number of benzene rings is 2. The fourth-order valence-electron chi connectivity index (χ4n) is 2.19. The van der Waals surface area contributed by atoms with Gasteiger partial charge >= 0.3 is 0 Å². The first-order chi connectivity index (χ1) is 12.0. The van der Waals surface area contributed by atoms with Crippen LogP contribution in [0.25, 0.3) is 0 Å². The number of nitrogens with one attached hydrogen (secondary N) is 1. The van der Waals surface area contributed by atoms with Crippen molar-refractivity contribution in [3.8, 4) is 17.2 Å². The van der Waals surface area contributed by atoms with Crippen molar-refractivity contribution in [2.24, 2.45) is 0 Å². The average Bonchev–Trinajstić information content (AvgIpc) is 2.61. The van der Waals surface area contributed by atoms with Gasteiger partial charge < -0.3 is 15.2 Å². The van der Waals surface area contributed by atoms with E-state index >= 15 is 0 Å². The molecule has 0 saturated carbocycles. The molecule has 2 aromatic carbocycles. The predicted octanol–water partition coefficient (Wildman–Crippen LogP) is 4.79. The number of hydrogen-bond acceptors (Lipinski definition) is 4. The highest BCUT2D eigenvalue weighted by Gasteiger charge is 2.16. The van der Waals surface area contributed by atoms with Crippen LogP contribution in [0.1, 0.15) is 16.1 Å². The quantitative estimate of drug-likeness (QED) is 0.706. The molecule has 1 heterocycles. The van der Waals surface area contributed by atoms with Crippen molar-refractivity contribution in [1.82, 2.24) is 4.98 Å². The zero-order valence-corrected chi connectivity index (χ0v) is 14.1. The number of amides is 1. The number of carbonyl (C=O) groups excluding carboxylic acids is 1. The standard InChI is InChI=1S/C19H15ClN2O3/c1-12-10-11-21-17(18(12)23)19(24)22-15-4-2-3-5-16(15)25-14-8-6-13(20)7-9-14/h2-11,23H,1H3,(H,22,24). The van der Waals surface area contributed by atoms with Crippen molar-refractivity contribution in [3.63, 3.8) is 0 Å². The van der Waals surface area contributed by atoms with Gasteiger partial charge in [-0.05, 0) is 55.0 Å². The summed E-state index contributed by atoms with van der Waals surface area (Å²) >= 11 is 5.87. The number of aromatic hydroxyl groups is 1. The van der Waals surface area contributed by atoms with Gasteiger partial charge in [-0.2, -0.15) is 0 Å². The Kier molecular flexibility index (Phi) is 4.86. The van der Waals surface area contributed by atoms with Gasteiger partial charge in [0.05, 0.1) is 5.69 Å². The fraction of sp³-hybridized carbons (Fsp3) is 0.0526. The Bertz CT molecular complexity index is 911. The van der Waals surface area contributed by atoms with Gasteiger partial charge in [-0.15, -0.1) is 0 Å². The highest BCUT2D eigenvalue weighted by molar-refractivity contribution is 6.30. The summed E-state index contributed by atoms with van der Waals surface area (Å²) < 4.78 is 5.80. The maximum absolute atomic E-state index is 12.4. The van der Waals surface area contributed by atoms with Crippen LogP contribution in [0.5, 0.6) is 17.2 Å². The van der Waals surface area contributed by atoms with E-state index < -0.39 is 5.91 Å². The summed E-state index contributed by atoms with van der Waals surface area (Å²) in [5.74, 6) is 0.386. The Labute approximate surface area is 149 Å². The largest absolute Gasteiger partial charge is 0.505 e. The minimum atomic E-state index is -0.520. The van der Waals surface area contributed by atoms with E-state index in [0.717, 1.165) is 0 Å². The van der Waals surface area contributed by atoms with Gasteiger partial charge in [-0.3, -0.25) is 4.79 Å². The molecule has 6 heteroatoms. The maximum Gasteiger partial charge on any atom is 0.278 e. The van der Waals surface area contributed by atoms with E-state index in [1.807, 2.05) is 0 Å². The molecule has 0 saturated heterocycles. The lowest BCUT2D eigenvalue weighted by Crippen LogP contribution is -2.14. The number of ether oxygens (including phenoxy) is 1. The number of halogens is 1. The number of para-hydroxylation sites is 2. The molecular weight excluding hydrogens is 340 g/mol. The first-order valence-corrected chi connectivity index (χ1v) is 7.91. The van der Waals surface area contributed by atoms with Crippen molar-refractivity contribution in [1.29, 1.82) is 0 Å². The monoisotopic (exact) mass is 354 g/mol. The van der Waals surface area contributed by atoms with E-state index in [0.29, 0.717) is 27.8 Å². The van der Waals surface area contributed by atoms with Crippen LogP contribution in [-0.4, -0.2) is 16.0 Å². The van der Waals surface area contributed by atoms with Crippen molar-refractivity contribution < 1.29 is 14.6 Å². The SMILES string of the molecule is Cc1ccnc(C(=O)Nc2ccccc2Oc2ccc(Cl)cc2)c1O. The van der Waals surface area contributed by atoms with E-state index in [1.165, 1.54) is 6.20 Å². The minimum Gasteiger partial charge on any atom is -0.505 e. The zero-order chi connectivity index (χ0) is 17.8. The number of anilines is 1. The molecule has 0 fully saturated rings. The number of carbonyl (C=O) groups is 1. The molecule has 25 heavy (non-hydrogen) atoms. The molecule has 1 amide bonds. The second kappa shape index (κ2) is 7.23. The number of aryl methyl sites for hydroxylation is 1. The van der Waals surface area contributed by atoms with E-state index in [9.17, 15) is 9.90 Å². The molecule has 0 aliphatic carbocycles. The van der Waals surface area contributed by atoms with Crippen molar-refractivity contribution >= 4 is 23.2 Å². The second-order valence-electron chi connectivity index (χ2n) is 5.33. The van der Waals surface area contributed by atoms with Gasteiger partial charge in [0.2, 0.25) is 0 Å². The Morgan fingerprint density at radius 2 is 1.84 bits per heavy atom. The lowest BCUT2D eigenvalue weighted by Gasteiger charge is -2.12. The number of rotatable bonds is 4. The van der Waals surface area contributed by atoms with E-state index in [-0.39, 0.29) is 11.4 Å². The van der Waals surface area contributed by atoms with Gasteiger partial charge in [-0.1, -0.05) is 23.7 Å². The molecule has 126 valence electrons. The Morgan fingerprint density at radius 1 is 1.12 bits per heavy atom. The van der Waals surface area contributed by atoms with Crippen LogP contribution in [-0.2, 0) is 0 Å². The number of aromatic nitrogens is 1.